The molecular weight excluding hydrogens is 302 g/mol. The zero-order valence-corrected chi connectivity index (χ0v) is 12.5. The Labute approximate surface area is 119 Å². The summed E-state index contributed by atoms with van der Waals surface area (Å²) in [5.41, 5.74) is 1.46. The van der Waals surface area contributed by atoms with Crippen LogP contribution in [0.1, 0.15) is 20.9 Å². The largest absolute Gasteiger partial charge is 0.477 e. The van der Waals surface area contributed by atoms with Crippen molar-refractivity contribution in [1.82, 2.24) is 14.5 Å². The molecule has 2 aromatic rings. The number of rotatable bonds is 5. The Hall–Kier alpha value is -1.71. The van der Waals surface area contributed by atoms with E-state index in [1.807, 2.05) is 0 Å². The first-order chi connectivity index (χ1) is 9.31. The predicted molar refractivity (Wildman–Crippen MR) is 73.2 cm³/mol. The van der Waals surface area contributed by atoms with Crippen LogP contribution in [-0.2, 0) is 23.6 Å². The molecular formula is C11H13N3O4S2. The molecule has 0 fully saturated rings. The fourth-order valence-corrected chi connectivity index (χ4v) is 4.00. The van der Waals surface area contributed by atoms with Gasteiger partial charge in [0.2, 0.25) is 10.0 Å². The van der Waals surface area contributed by atoms with Gasteiger partial charge in [-0.15, -0.1) is 11.3 Å². The molecule has 20 heavy (non-hydrogen) atoms. The molecule has 7 nitrogen and oxygen atoms in total. The lowest BCUT2D eigenvalue weighted by Crippen LogP contribution is -2.24. The van der Waals surface area contributed by atoms with Crippen molar-refractivity contribution in [2.75, 3.05) is 0 Å². The molecule has 2 heterocycles. The molecule has 9 heteroatoms. The molecule has 108 valence electrons. The van der Waals surface area contributed by atoms with E-state index >= 15 is 0 Å². The highest BCUT2D eigenvalue weighted by molar-refractivity contribution is 7.89. The summed E-state index contributed by atoms with van der Waals surface area (Å²) in [5, 5.41) is 14.5. The average Bonchev–Trinajstić information content (AvgIpc) is 2.93. The van der Waals surface area contributed by atoms with Gasteiger partial charge >= 0.3 is 5.97 Å². The Balaban J connectivity index is 2.22. The Kier molecular flexibility index (Phi) is 3.93. The Bertz CT molecular complexity index is 746. The molecule has 0 spiro atoms. The lowest BCUT2D eigenvalue weighted by atomic mass is 10.3. The van der Waals surface area contributed by atoms with Crippen LogP contribution in [0.4, 0.5) is 0 Å². The van der Waals surface area contributed by atoms with Crippen LogP contribution in [0.15, 0.2) is 22.5 Å². The van der Waals surface area contributed by atoms with E-state index in [-0.39, 0.29) is 16.3 Å². The van der Waals surface area contributed by atoms with Crippen molar-refractivity contribution < 1.29 is 18.3 Å². The zero-order chi connectivity index (χ0) is 14.9. The molecule has 0 unspecified atom stereocenters. The molecule has 0 bridgehead atoms. The Morgan fingerprint density at radius 1 is 1.55 bits per heavy atom. The number of carboxylic acids is 1. The highest BCUT2D eigenvalue weighted by Gasteiger charge is 2.23. The van der Waals surface area contributed by atoms with Crippen molar-refractivity contribution in [3.05, 3.63) is 33.8 Å². The third kappa shape index (κ3) is 2.89. The molecule has 2 N–H and O–H groups in total. The molecule has 0 saturated carbocycles. The van der Waals surface area contributed by atoms with Crippen LogP contribution >= 0.6 is 11.3 Å². The summed E-state index contributed by atoms with van der Waals surface area (Å²) >= 11 is 0.878. The van der Waals surface area contributed by atoms with E-state index in [0.717, 1.165) is 22.6 Å². The molecule has 0 amide bonds. The van der Waals surface area contributed by atoms with E-state index in [2.05, 4.69) is 9.82 Å². The van der Waals surface area contributed by atoms with Gasteiger partial charge in [0.1, 0.15) is 9.77 Å². The summed E-state index contributed by atoms with van der Waals surface area (Å²) in [5.74, 6) is -1.25. The summed E-state index contributed by atoms with van der Waals surface area (Å²) in [6.07, 6.45) is 1.71. The first-order valence-corrected chi connectivity index (χ1v) is 7.97. The first kappa shape index (κ1) is 14.7. The third-order valence-corrected chi connectivity index (χ3v) is 5.16. The van der Waals surface area contributed by atoms with E-state index < -0.39 is 16.0 Å². The summed E-state index contributed by atoms with van der Waals surface area (Å²) in [7, 11) is -2.11. The minimum Gasteiger partial charge on any atom is -0.477 e. The van der Waals surface area contributed by atoms with Crippen LogP contribution in [0.3, 0.4) is 0 Å². The van der Waals surface area contributed by atoms with Gasteiger partial charge in [-0.2, -0.15) is 5.10 Å². The fraction of sp³-hybridized carbons (Fsp3) is 0.273. The van der Waals surface area contributed by atoms with Gasteiger partial charge in [-0.1, -0.05) is 0 Å². The minimum atomic E-state index is -3.86. The molecule has 2 rings (SSSR count). The number of thiophene rings is 1. The SMILES string of the molecule is Cc1nn(C)cc1CNS(=O)(=O)c1ccsc1C(=O)O. The van der Waals surface area contributed by atoms with Crippen LogP contribution in [0.2, 0.25) is 0 Å². The summed E-state index contributed by atoms with van der Waals surface area (Å²) in [6.45, 7) is 1.84. The Morgan fingerprint density at radius 2 is 2.25 bits per heavy atom. The van der Waals surface area contributed by atoms with Gasteiger partial charge in [-0.25, -0.2) is 17.9 Å². The van der Waals surface area contributed by atoms with Crippen LogP contribution in [0, 0.1) is 6.92 Å². The number of hydrogen-bond acceptors (Lipinski definition) is 5. The number of carboxylic acid groups (broad SMARTS) is 1. The maximum Gasteiger partial charge on any atom is 0.347 e. The number of aryl methyl sites for hydroxylation is 2. The van der Waals surface area contributed by atoms with Crippen molar-refractivity contribution in [2.45, 2.75) is 18.4 Å². The smallest absolute Gasteiger partial charge is 0.347 e. The van der Waals surface area contributed by atoms with Gasteiger partial charge in [0.05, 0.1) is 5.69 Å². The molecule has 0 aliphatic rings. The quantitative estimate of drug-likeness (QED) is 0.856. The normalized spacial score (nSPS) is 11.7. The molecule has 0 aliphatic heterocycles. The van der Waals surface area contributed by atoms with Crippen molar-refractivity contribution in [2.24, 2.45) is 7.05 Å². The molecule has 0 aromatic carbocycles. The third-order valence-electron chi connectivity index (χ3n) is 2.68. The molecule has 0 atom stereocenters. The number of carbonyl (C=O) groups is 1. The predicted octanol–water partition coefficient (Wildman–Crippen LogP) is 0.967. The maximum atomic E-state index is 12.1. The second kappa shape index (κ2) is 5.35. The van der Waals surface area contributed by atoms with Gasteiger partial charge in [0, 0.05) is 25.4 Å². The number of hydrogen-bond donors (Lipinski definition) is 2. The second-order valence-electron chi connectivity index (χ2n) is 4.16. The molecule has 2 aromatic heterocycles. The van der Waals surface area contributed by atoms with Crippen molar-refractivity contribution in [3.8, 4) is 0 Å². The second-order valence-corrected chi connectivity index (χ2v) is 6.81. The number of nitrogens with one attached hydrogen (secondary N) is 1. The maximum absolute atomic E-state index is 12.1. The highest BCUT2D eigenvalue weighted by Crippen LogP contribution is 2.22. The van der Waals surface area contributed by atoms with Gasteiger partial charge in [-0.05, 0) is 18.4 Å². The topological polar surface area (TPSA) is 101 Å². The summed E-state index contributed by atoms with van der Waals surface area (Å²) < 4.78 is 28.2. The van der Waals surface area contributed by atoms with E-state index in [9.17, 15) is 13.2 Å². The molecule has 0 aliphatic carbocycles. The van der Waals surface area contributed by atoms with Crippen LogP contribution in [0.25, 0.3) is 0 Å². The first-order valence-electron chi connectivity index (χ1n) is 5.61. The number of aromatic carboxylic acids is 1. The lowest BCUT2D eigenvalue weighted by Gasteiger charge is -2.05. The zero-order valence-electron chi connectivity index (χ0n) is 10.8. The highest BCUT2D eigenvalue weighted by atomic mass is 32.2. The van der Waals surface area contributed by atoms with E-state index in [0.29, 0.717) is 0 Å². The van der Waals surface area contributed by atoms with Crippen molar-refractivity contribution >= 4 is 27.3 Å². The monoisotopic (exact) mass is 315 g/mol. The van der Waals surface area contributed by atoms with Crippen molar-refractivity contribution in [1.29, 1.82) is 0 Å². The molecule has 0 radical (unpaired) electrons. The Morgan fingerprint density at radius 3 is 2.80 bits per heavy atom. The number of sulfonamides is 1. The van der Waals surface area contributed by atoms with Gasteiger partial charge < -0.3 is 5.11 Å². The van der Waals surface area contributed by atoms with Gasteiger partial charge in [-0.3, -0.25) is 4.68 Å². The van der Waals surface area contributed by atoms with E-state index in [4.69, 9.17) is 5.11 Å². The van der Waals surface area contributed by atoms with Gasteiger partial charge in [0.15, 0.2) is 0 Å². The van der Waals surface area contributed by atoms with Gasteiger partial charge in [0.25, 0.3) is 0 Å². The lowest BCUT2D eigenvalue weighted by molar-refractivity contribution is 0.0698. The van der Waals surface area contributed by atoms with E-state index in [1.54, 1.807) is 24.9 Å². The van der Waals surface area contributed by atoms with Crippen LogP contribution < -0.4 is 4.72 Å². The standard InChI is InChI=1S/C11H13N3O4S2/c1-7-8(6-14(2)13-7)5-12-20(17,18)9-3-4-19-10(9)11(15)16/h3-4,6,12H,5H2,1-2H3,(H,15,16). The number of aromatic nitrogens is 2. The molecule has 0 saturated heterocycles. The summed E-state index contributed by atoms with van der Waals surface area (Å²) in [4.78, 5) is 10.6. The van der Waals surface area contributed by atoms with E-state index in [1.165, 1.54) is 11.4 Å². The fourth-order valence-electron chi connectivity index (χ4n) is 1.74. The number of nitrogens with zero attached hydrogens (tertiary/aromatic N) is 2. The minimum absolute atomic E-state index is 0.0664. The van der Waals surface area contributed by atoms with Crippen LogP contribution in [-0.4, -0.2) is 29.3 Å². The summed E-state index contributed by atoms with van der Waals surface area (Å²) in [6, 6.07) is 1.28. The average molecular weight is 315 g/mol. The van der Waals surface area contributed by atoms with Crippen LogP contribution in [0.5, 0.6) is 0 Å². The van der Waals surface area contributed by atoms with Crippen molar-refractivity contribution in [3.63, 3.8) is 0 Å².